The molecule has 4 heteroatoms. The maximum Gasteiger partial charge on any atom is 0.222 e. The molecule has 1 unspecified atom stereocenters. The lowest BCUT2D eigenvalue weighted by Crippen LogP contribution is -2.40. The highest BCUT2D eigenvalue weighted by atomic mass is 35.5. The first-order chi connectivity index (χ1) is 9.95. The monoisotopic (exact) mass is 304 g/mol. The van der Waals surface area contributed by atoms with Gasteiger partial charge in [0.15, 0.2) is 0 Å². The van der Waals surface area contributed by atoms with Crippen LogP contribution in [0.1, 0.15) is 37.1 Å². The second-order valence-corrected chi connectivity index (χ2v) is 6.77. The van der Waals surface area contributed by atoms with Crippen molar-refractivity contribution in [3.8, 4) is 0 Å². The first-order valence-corrected chi connectivity index (χ1v) is 7.93. The minimum Gasteiger partial charge on any atom is -0.358 e. The second kappa shape index (κ2) is 5.38. The first kappa shape index (κ1) is 14.5. The molecule has 1 aromatic heterocycles. The van der Waals surface area contributed by atoms with E-state index < -0.39 is 0 Å². The highest BCUT2D eigenvalue weighted by Crippen LogP contribution is 2.32. The third kappa shape index (κ3) is 2.67. The van der Waals surface area contributed by atoms with Crippen molar-refractivity contribution in [1.82, 2.24) is 10.3 Å². The van der Waals surface area contributed by atoms with Gasteiger partial charge in [-0.3, -0.25) is 4.79 Å². The second-order valence-electron chi connectivity index (χ2n) is 6.33. The van der Waals surface area contributed by atoms with Crippen molar-refractivity contribution < 1.29 is 4.79 Å². The molecule has 0 aliphatic heterocycles. The molecule has 112 valence electrons. The maximum atomic E-state index is 11.9. The summed E-state index contributed by atoms with van der Waals surface area (Å²) < 4.78 is 0. The van der Waals surface area contributed by atoms with E-state index in [0.29, 0.717) is 0 Å². The predicted molar refractivity (Wildman–Crippen MR) is 86.8 cm³/mol. The number of benzene rings is 1. The number of hydrogen-bond donors (Lipinski definition) is 2. The lowest BCUT2D eigenvalue weighted by molar-refractivity contribution is -0.124. The highest BCUT2D eigenvalue weighted by Gasteiger charge is 2.24. The molecule has 1 heterocycles. The van der Waals surface area contributed by atoms with Crippen molar-refractivity contribution in [1.29, 1.82) is 0 Å². The summed E-state index contributed by atoms with van der Waals surface area (Å²) in [6, 6.07) is 4.25. The van der Waals surface area contributed by atoms with Gasteiger partial charge in [-0.25, -0.2) is 0 Å². The molecule has 0 bridgehead atoms. The minimum atomic E-state index is 0.0334. The molecule has 0 saturated carbocycles. The first-order valence-electron chi connectivity index (χ1n) is 7.55. The Morgan fingerprint density at radius 3 is 2.90 bits per heavy atom. The summed E-state index contributed by atoms with van der Waals surface area (Å²) in [6.45, 7) is 5.94. The molecule has 0 radical (unpaired) electrons. The lowest BCUT2D eigenvalue weighted by Gasteiger charge is -2.24. The van der Waals surface area contributed by atoms with Crippen LogP contribution in [0.2, 0.25) is 5.02 Å². The normalized spacial score (nSPS) is 18.0. The number of carbonyl (C=O) groups is 1. The van der Waals surface area contributed by atoms with Crippen LogP contribution in [0.15, 0.2) is 12.1 Å². The number of hydrogen-bond acceptors (Lipinski definition) is 1. The van der Waals surface area contributed by atoms with Gasteiger partial charge < -0.3 is 10.3 Å². The van der Waals surface area contributed by atoms with Gasteiger partial charge in [0.05, 0.1) is 0 Å². The van der Waals surface area contributed by atoms with E-state index in [1.807, 2.05) is 26.0 Å². The zero-order valence-corrected chi connectivity index (χ0v) is 13.5. The van der Waals surface area contributed by atoms with E-state index >= 15 is 0 Å². The van der Waals surface area contributed by atoms with Crippen LogP contribution in [0.4, 0.5) is 0 Å². The summed E-state index contributed by atoms with van der Waals surface area (Å²) >= 11 is 6.20. The average Bonchev–Trinajstić information content (AvgIpc) is 2.77. The third-order valence-corrected chi connectivity index (χ3v) is 4.55. The van der Waals surface area contributed by atoms with Gasteiger partial charge in [-0.15, -0.1) is 0 Å². The number of fused-ring (bicyclic) bond motifs is 3. The van der Waals surface area contributed by atoms with Gasteiger partial charge in [-0.05, 0) is 49.4 Å². The van der Waals surface area contributed by atoms with Gasteiger partial charge in [0, 0.05) is 33.6 Å². The molecule has 0 spiro atoms. The van der Waals surface area contributed by atoms with Crippen molar-refractivity contribution in [2.45, 2.75) is 46.1 Å². The summed E-state index contributed by atoms with van der Waals surface area (Å²) in [5.41, 5.74) is 4.97. The maximum absolute atomic E-state index is 11.9. The molecule has 1 atom stereocenters. The fourth-order valence-corrected chi connectivity index (χ4v) is 3.41. The smallest absolute Gasteiger partial charge is 0.222 e. The number of aromatic amines is 1. The molecule has 0 fully saturated rings. The van der Waals surface area contributed by atoms with Crippen molar-refractivity contribution >= 4 is 28.4 Å². The zero-order valence-electron chi connectivity index (χ0n) is 12.7. The topological polar surface area (TPSA) is 44.9 Å². The van der Waals surface area contributed by atoms with Gasteiger partial charge >= 0.3 is 0 Å². The third-order valence-electron chi connectivity index (χ3n) is 4.33. The Hall–Kier alpha value is -1.48. The molecular weight excluding hydrogens is 284 g/mol. The molecule has 1 aliphatic rings. The molecule has 1 amide bonds. The minimum absolute atomic E-state index is 0.0334. The molecule has 2 N–H and O–H groups in total. The van der Waals surface area contributed by atoms with E-state index in [-0.39, 0.29) is 17.9 Å². The number of aromatic nitrogens is 1. The molecule has 1 aromatic carbocycles. The quantitative estimate of drug-likeness (QED) is 0.872. The molecule has 1 aliphatic carbocycles. The summed E-state index contributed by atoms with van der Waals surface area (Å²) in [5.74, 6) is 0.170. The summed E-state index contributed by atoms with van der Waals surface area (Å²) in [6.07, 6.45) is 2.85. The number of H-pyrrole nitrogens is 1. The Labute approximate surface area is 130 Å². The lowest BCUT2D eigenvalue weighted by atomic mass is 9.91. The summed E-state index contributed by atoms with van der Waals surface area (Å²) in [7, 11) is 0. The Bertz CT molecular complexity index is 702. The van der Waals surface area contributed by atoms with Crippen LogP contribution in [0.3, 0.4) is 0 Å². The van der Waals surface area contributed by atoms with Crippen LogP contribution in [0.25, 0.3) is 10.9 Å². The molecular formula is C17H21ClN2O. The van der Waals surface area contributed by atoms with E-state index in [9.17, 15) is 4.79 Å². The number of halogens is 1. The van der Waals surface area contributed by atoms with Gasteiger partial charge in [0.25, 0.3) is 0 Å². The Morgan fingerprint density at radius 1 is 1.43 bits per heavy atom. The van der Waals surface area contributed by atoms with E-state index in [2.05, 4.69) is 17.2 Å². The van der Waals surface area contributed by atoms with Crippen LogP contribution in [-0.4, -0.2) is 16.9 Å². The van der Waals surface area contributed by atoms with Crippen LogP contribution < -0.4 is 5.32 Å². The predicted octanol–water partition coefficient (Wildman–Crippen LogP) is 3.76. The average molecular weight is 305 g/mol. The number of carbonyl (C=O) groups excluding carboxylic acids is 1. The molecule has 2 aromatic rings. The van der Waals surface area contributed by atoms with Crippen molar-refractivity contribution in [2.75, 3.05) is 0 Å². The van der Waals surface area contributed by atoms with E-state index in [4.69, 9.17) is 11.6 Å². The summed E-state index contributed by atoms with van der Waals surface area (Å²) in [4.78, 5) is 15.4. The number of rotatable bonds is 2. The van der Waals surface area contributed by atoms with E-state index in [1.54, 1.807) is 0 Å². The number of aryl methyl sites for hydroxylation is 2. The standard InChI is InChI=1S/C17H21ClN2O/c1-9(2)17(21)19-12-4-5-15-13(8-12)14-7-11(18)6-10(3)16(14)20-15/h6-7,9,12,20H,4-5,8H2,1-3H3,(H,19,21). The number of nitrogens with one attached hydrogen (secondary N) is 2. The Morgan fingerprint density at radius 2 is 2.19 bits per heavy atom. The molecule has 3 nitrogen and oxygen atoms in total. The molecule has 21 heavy (non-hydrogen) atoms. The van der Waals surface area contributed by atoms with Gasteiger partial charge in [-0.1, -0.05) is 25.4 Å². The van der Waals surface area contributed by atoms with Crippen molar-refractivity contribution in [3.63, 3.8) is 0 Å². The van der Waals surface area contributed by atoms with E-state index in [1.165, 1.54) is 27.7 Å². The summed E-state index contributed by atoms with van der Waals surface area (Å²) in [5, 5.41) is 5.14. The Balaban J connectivity index is 1.93. The molecule has 0 saturated heterocycles. The zero-order chi connectivity index (χ0) is 15.1. The van der Waals surface area contributed by atoms with Gasteiger partial charge in [-0.2, -0.15) is 0 Å². The van der Waals surface area contributed by atoms with Crippen LogP contribution in [0, 0.1) is 12.8 Å². The van der Waals surface area contributed by atoms with Crippen LogP contribution in [-0.2, 0) is 17.6 Å². The SMILES string of the molecule is Cc1cc(Cl)cc2c3c([nH]c12)CCC(NC(=O)C(C)C)C3. The number of amides is 1. The largest absolute Gasteiger partial charge is 0.358 e. The molecule has 3 rings (SSSR count). The highest BCUT2D eigenvalue weighted by molar-refractivity contribution is 6.31. The van der Waals surface area contributed by atoms with Crippen molar-refractivity contribution in [3.05, 3.63) is 34.0 Å². The van der Waals surface area contributed by atoms with Crippen molar-refractivity contribution in [2.24, 2.45) is 5.92 Å². The van der Waals surface area contributed by atoms with E-state index in [0.717, 1.165) is 24.3 Å². The van der Waals surface area contributed by atoms with Gasteiger partial charge in [0.2, 0.25) is 5.91 Å². The Kier molecular flexibility index (Phi) is 3.70. The fourth-order valence-electron chi connectivity index (χ4n) is 3.14. The fraction of sp³-hybridized carbons (Fsp3) is 0.471. The van der Waals surface area contributed by atoms with Crippen LogP contribution in [0.5, 0.6) is 0 Å². The van der Waals surface area contributed by atoms with Crippen LogP contribution >= 0.6 is 11.6 Å². The van der Waals surface area contributed by atoms with Gasteiger partial charge in [0.1, 0.15) is 0 Å².